The van der Waals surface area contributed by atoms with Gasteiger partial charge in [0.15, 0.2) is 0 Å². The molecule has 0 bridgehead atoms. The maximum absolute atomic E-state index is 12.7. The maximum Gasteiger partial charge on any atom is 0.263 e. The lowest BCUT2D eigenvalue weighted by Crippen LogP contribution is -2.29. The van der Waals surface area contributed by atoms with E-state index in [0.717, 1.165) is 16.8 Å². The van der Waals surface area contributed by atoms with Crippen molar-refractivity contribution in [2.45, 2.75) is 20.4 Å². The van der Waals surface area contributed by atoms with E-state index in [-0.39, 0.29) is 11.1 Å². The van der Waals surface area contributed by atoms with Gasteiger partial charge in [0.05, 0.1) is 6.54 Å². The third kappa shape index (κ3) is 3.83. The number of hydrogen-bond donors (Lipinski definition) is 1. The molecular formula is C20H19N3O2. The highest BCUT2D eigenvalue weighted by Crippen LogP contribution is 2.09. The van der Waals surface area contributed by atoms with Crippen molar-refractivity contribution in [3.8, 4) is 0 Å². The van der Waals surface area contributed by atoms with Gasteiger partial charge in [-0.05, 0) is 49.2 Å². The molecule has 2 aromatic heterocycles. The van der Waals surface area contributed by atoms with Crippen LogP contribution in [-0.2, 0) is 6.54 Å². The van der Waals surface area contributed by atoms with E-state index in [2.05, 4.69) is 10.3 Å². The quantitative estimate of drug-likeness (QED) is 0.798. The second kappa shape index (κ2) is 7.13. The van der Waals surface area contributed by atoms with E-state index >= 15 is 0 Å². The number of nitrogens with one attached hydrogen (secondary N) is 1. The van der Waals surface area contributed by atoms with Crippen LogP contribution in [0.15, 0.2) is 65.6 Å². The third-order valence-electron chi connectivity index (χ3n) is 4.00. The Labute approximate surface area is 146 Å². The maximum atomic E-state index is 12.7. The van der Waals surface area contributed by atoms with Gasteiger partial charge in [-0.1, -0.05) is 30.3 Å². The SMILES string of the molecule is Cc1cccc(NC(=O)c2cccn(Cc3ccccc3C)c2=O)n1. The first-order valence-electron chi connectivity index (χ1n) is 8.03. The minimum Gasteiger partial charge on any atom is -0.310 e. The van der Waals surface area contributed by atoms with E-state index in [1.807, 2.05) is 44.2 Å². The summed E-state index contributed by atoms with van der Waals surface area (Å²) in [5, 5.41) is 2.68. The van der Waals surface area contributed by atoms with Crippen LogP contribution in [0.5, 0.6) is 0 Å². The van der Waals surface area contributed by atoms with Crippen LogP contribution in [0.4, 0.5) is 5.82 Å². The predicted octanol–water partition coefficient (Wildman–Crippen LogP) is 3.16. The molecule has 5 heteroatoms. The molecule has 25 heavy (non-hydrogen) atoms. The Morgan fingerprint density at radius 3 is 2.60 bits per heavy atom. The molecule has 3 rings (SSSR count). The molecular weight excluding hydrogens is 314 g/mol. The lowest BCUT2D eigenvalue weighted by Gasteiger charge is -2.10. The lowest BCUT2D eigenvalue weighted by molar-refractivity contribution is 0.102. The Morgan fingerprint density at radius 2 is 1.84 bits per heavy atom. The highest BCUT2D eigenvalue weighted by molar-refractivity contribution is 6.03. The Morgan fingerprint density at radius 1 is 1.04 bits per heavy atom. The van der Waals surface area contributed by atoms with Gasteiger partial charge in [-0.15, -0.1) is 0 Å². The van der Waals surface area contributed by atoms with Crippen molar-refractivity contribution in [1.82, 2.24) is 9.55 Å². The standard InChI is InChI=1S/C20H19N3O2/c1-14-7-3-4-9-16(14)13-23-12-6-10-17(20(23)25)19(24)22-18-11-5-8-15(2)21-18/h3-12H,13H2,1-2H3,(H,21,22,24). The van der Waals surface area contributed by atoms with Gasteiger partial charge in [-0.3, -0.25) is 9.59 Å². The number of amides is 1. The predicted molar refractivity (Wildman–Crippen MR) is 97.9 cm³/mol. The first-order chi connectivity index (χ1) is 12.0. The molecule has 0 aliphatic carbocycles. The average Bonchev–Trinajstić information content (AvgIpc) is 2.58. The van der Waals surface area contributed by atoms with Crippen LogP contribution in [0.1, 0.15) is 27.2 Å². The molecule has 0 atom stereocenters. The first-order valence-corrected chi connectivity index (χ1v) is 8.03. The zero-order valence-electron chi connectivity index (χ0n) is 14.2. The molecule has 0 spiro atoms. The van der Waals surface area contributed by atoms with Crippen LogP contribution in [0.3, 0.4) is 0 Å². The minimum atomic E-state index is -0.456. The van der Waals surface area contributed by atoms with Crippen molar-refractivity contribution in [2.75, 3.05) is 5.32 Å². The number of rotatable bonds is 4. The van der Waals surface area contributed by atoms with Gasteiger partial charge in [0.25, 0.3) is 11.5 Å². The largest absolute Gasteiger partial charge is 0.310 e. The Bertz CT molecular complexity index is 976. The fraction of sp³-hybridized carbons (Fsp3) is 0.150. The number of carbonyl (C=O) groups excluding carboxylic acids is 1. The second-order valence-corrected chi connectivity index (χ2v) is 5.90. The molecule has 5 nitrogen and oxygen atoms in total. The topological polar surface area (TPSA) is 64.0 Å². The number of aryl methyl sites for hydroxylation is 2. The molecule has 2 heterocycles. The Kier molecular flexibility index (Phi) is 4.75. The van der Waals surface area contributed by atoms with Gasteiger partial charge in [-0.25, -0.2) is 4.98 Å². The molecule has 0 unspecified atom stereocenters. The van der Waals surface area contributed by atoms with Crippen LogP contribution in [0, 0.1) is 13.8 Å². The normalized spacial score (nSPS) is 10.5. The summed E-state index contributed by atoms with van der Waals surface area (Å²) in [5.74, 6) is -0.0269. The van der Waals surface area contributed by atoms with Crippen molar-refractivity contribution >= 4 is 11.7 Å². The fourth-order valence-electron chi connectivity index (χ4n) is 2.60. The fourth-order valence-corrected chi connectivity index (χ4v) is 2.60. The number of benzene rings is 1. The van der Waals surface area contributed by atoms with Crippen molar-refractivity contribution in [3.05, 3.63) is 93.5 Å². The second-order valence-electron chi connectivity index (χ2n) is 5.90. The smallest absolute Gasteiger partial charge is 0.263 e. The number of anilines is 1. The minimum absolute atomic E-state index is 0.0967. The number of pyridine rings is 2. The van der Waals surface area contributed by atoms with Crippen molar-refractivity contribution in [2.24, 2.45) is 0 Å². The molecule has 0 radical (unpaired) electrons. The zero-order valence-corrected chi connectivity index (χ0v) is 14.2. The molecule has 0 fully saturated rings. The van der Waals surface area contributed by atoms with E-state index in [9.17, 15) is 9.59 Å². The summed E-state index contributed by atoms with van der Waals surface area (Å²) in [5.41, 5.74) is 2.72. The zero-order chi connectivity index (χ0) is 17.8. The van der Waals surface area contributed by atoms with Gasteiger partial charge in [0, 0.05) is 11.9 Å². The molecule has 0 saturated heterocycles. The summed E-state index contributed by atoms with van der Waals surface area (Å²) >= 11 is 0. The van der Waals surface area contributed by atoms with Crippen LogP contribution in [0.2, 0.25) is 0 Å². The van der Waals surface area contributed by atoms with E-state index < -0.39 is 5.91 Å². The number of hydrogen-bond acceptors (Lipinski definition) is 3. The van der Waals surface area contributed by atoms with Crippen LogP contribution < -0.4 is 10.9 Å². The van der Waals surface area contributed by atoms with E-state index in [1.165, 1.54) is 6.07 Å². The summed E-state index contributed by atoms with van der Waals surface area (Å²) in [4.78, 5) is 29.3. The van der Waals surface area contributed by atoms with Gasteiger partial charge in [-0.2, -0.15) is 0 Å². The van der Waals surface area contributed by atoms with Crippen LogP contribution in [0.25, 0.3) is 0 Å². The van der Waals surface area contributed by atoms with Gasteiger partial charge < -0.3 is 9.88 Å². The third-order valence-corrected chi connectivity index (χ3v) is 4.00. The molecule has 0 aliphatic heterocycles. The summed E-state index contributed by atoms with van der Waals surface area (Å²) in [7, 11) is 0. The molecule has 3 aromatic rings. The number of aromatic nitrogens is 2. The Balaban J connectivity index is 1.87. The average molecular weight is 333 g/mol. The van der Waals surface area contributed by atoms with E-state index in [1.54, 1.807) is 29.0 Å². The van der Waals surface area contributed by atoms with Crippen LogP contribution in [-0.4, -0.2) is 15.5 Å². The monoisotopic (exact) mass is 333 g/mol. The first kappa shape index (κ1) is 16.6. The van der Waals surface area contributed by atoms with Gasteiger partial charge in [0.2, 0.25) is 0 Å². The van der Waals surface area contributed by atoms with Crippen LogP contribution >= 0.6 is 0 Å². The van der Waals surface area contributed by atoms with Crippen molar-refractivity contribution in [1.29, 1.82) is 0 Å². The number of nitrogens with zero attached hydrogens (tertiary/aromatic N) is 2. The molecule has 0 saturated carbocycles. The number of carbonyl (C=O) groups is 1. The van der Waals surface area contributed by atoms with Crippen molar-refractivity contribution in [3.63, 3.8) is 0 Å². The highest BCUT2D eigenvalue weighted by Gasteiger charge is 2.13. The summed E-state index contributed by atoms with van der Waals surface area (Å²) in [6.45, 7) is 4.27. The van der Waals surface area contributed by atoms with Gasteiger partial charge >= 0.3 is 0 Å². The summed E-state index contributed by atoms with van der Waals surface area (Å²) in [6.07, 6.45) is 1.69. The van der Waals surface area contributed by atoms with E-state index in [4.69, 9.17) is 0 Å². The molecule has 1 N–H and O–H groups in total. The summed E-state index contributed by atoms with van der Waals surface area (Å²) in [6, 6.07) is 16.5. The molecule has 1 aromatic carbocycles. The molecule has 1 amide bonds. The van der Waals surface area contributed by atoms with Crippen molar-refractivity contribution < 1.29 is 4.79 Å². The Hall–Kier alpha value is -3.21. The van der Waals surface area contributed by atoms with E-state index in [0.29, 0.717) is 12.4 Å². The highest BCUT2D eigenvalue weighted by atomic mass is 16.2. The van der Waals surface area contributed by atoms with Gasteiger partial charge in [0.1, 0.15) is 11.4 Å². The lowest BCUT2D eigenvalue weighted by atomic mass is 10.1. The summed E-state index contributed by atoms with van der Waals surface area (Å²) < 4.78 is 1.54. The molecule has 126 valence electrons. The molecule has 0 aliphatic rings.